The van der Waals surface area contributed by atoms with Gasteiger partial charge in [0.15, 0.2) is 0 Å². The molecule has 1 amide bonds. The Labute approximate surface area is 113 Å². The highest BCUT2D eigenvalue weighted by atomic mass is 35.5. The topological polar surface area (TPSA) is 50.4 Å². The van der Waals surface area contributed by atoms with Crippen LogP contribution in [0.3, 0.4) is 0 Å². The molecule has 1 rings (SSSR count). The van der Waals surface area contributed by atoms with Crippen LogP contribution >= 0.6 is 11.6 Å². The number of methoxy groups -OCH3 is 1. The highest BCUT2D eigenvalue weighted by Gasteiger charge is 2.05. The lowest BCUT2D eigenvalue weighted by molar-refractivity contribution is -0.119. The Balaban J connectivity index is 2.47. The van der Waals surface area contributed by atoms with Crippen molar-refractivity contribution in [3.05, 3.63) is 23.2 Å². The van der Waals surface area contributed by atoms with Gasteiger partial charge in [0.2, 0.25) is 5.91 Å². The normalized spacial score (nSPS) is 9.94. The second-order valence-electron chi connectivity index (χ2n) is 3.90. The summed E-state index contributed by atoms with van der Waals surface area (Å²) in [4.78, 5) is 11.5. The molecule has 0 aliphatic heterocycles. The number of hydrogen-bond donors (Lipinski definition) is 2. The Morgan fingerprint density at radius 3 is 2.89 bits per heavy atom. The van der Waals surface area contributed by atoms with Crippen LogP contribution in [0.5, 0.6) is 5.75 Å². The molecule has 0 heterocycles. The summed E-state index contributed by atoms with van der Waals surface area (Å²) >= 11 is 5.90. The van der Waals surface area contributed by atoms with Crippen LogP contribution in [-0.4, -0.2) is 26.1 Å². The van der Waals surface area contributed by atoms with E-state index >= 15 is 0 Å². The molecular formula is C13H19ClN2O2. The Morgan fingerprint density at radius 1 is 1.44 bits per heavy atom. The van der Waals surface area contributed by atoms with Gasteiger partial charge in [0.1, 0.15) is 5.75 Å². The monoisotopic (exact) mass is 270 g/mol. The predicted octanol–water partition coefficient (Wildman–Crippen LogP) is 2.68. The summed E-state index contributed by atoms with van der Waals surface area (Å²) in [5, 5.41) is 6.44. The lowest BCUT2D eigenvalue weighted by atomic mass is 10.3. The second-order valence-corrected chi connectivity index (χ2v) is 4.34. The minimum Gasteiger partial charge on any atom is -0.495 e. The summed E-state index contributed by atoms with van der Waals surface area (Å²) in [6, 6.07) is 5.24. The molecule has 18 heavy (non-hydrogen) atoms. The van der Waals surface area contributed by atoms with Crippen LogP contribution in [0.2, 0.25) is 5.02 Å². The fourth-order valence-corrected chi connectivity index (χ4v) is 1.63. The van der Waals surface area contributed by atoms with Crippen molar-refractivity contribution in [3.63, 3.8) is 0 Å². The Kier molecular flexibility index (Phi) is 6.36. The molecular weight excluding hydrogens is 252 g/mol. The zero-order chi connectivity index (χ0) is 13.4. The van der Waals surface area contributed by atoms with E-state index in [2.05, 4.69) is 17.6 Å². The summed E-state index contributed by atoms with van der Waals surface area (Å²) in [6.45, 7) is 3.01. The van der Waals surface area contributed by atoms with E-state index in [-0.39, 0.29) is 12.5 Å². The molecule has 0 aliphatic rings. The number of rotatable bonds is 7. The molecule has 0 bridgehead atoms. The minimum atomic E-state index is -0.0366. The highest BCUT2D eigenvalue weighted by Crippen LogP contribution is 2.27. The van der Waals surface area contributed by atoms with Crippen molar-refractivity contribution >= 4 is 23.2 Å². The third-order valence-electron chi connectivity index (χ3n) is 2.45. The van der Waals surface area contributed by atoms with E-state index in [0.717, 1.165) is 18.5 Å². The molecule has 4 nitrogen and oxygen atoms in total. The fourth-order valence-electron chi connectivity index (χ4n) is 1.46. The van der Waals surface area contributed by atoms with Crippen LogP contribution in [0.4, 0.5) is 5.69 Å². The molecule has 0 aromatic heterocycles. The Bertz CT molecular complexity index is 397. The molecule has 5 heteroatoms. The number of carbonyl (C=O) groups excluding carboxylic acids is 1. The Hall–Kier alpha value is -1.42. The quantitative estimate of drug-likeness (QED) is 0.749. The molecule has 0 spiro atoms. The zero-order valence-corrected chi connectivity index (χ0v) is 11.5. The molecule has 0 atom stereocenters. The van der Waals surface area contributed by atoms with Gasteiger partial charge in [0.05, 0.1) is 19.3 Å². The van der Waals surface area contributed by atoms with E-state index in [4.69, 9.17) is 16.3 Å². The zero-order valence-electron chi connectivity index (χ0n) is 10.8. The van der Waals surface area contributed by atoms with Crippen molar-refractivity contribution in [3.8, 4) is 5.75 Å². The summed E-state index contributed by atoms with van der Waals surface area (Å²) in [7, 11) is 1.58. The minimum absolute atomic E-state index is 0.0366. The summed E-state index contributed by atoms with van der Waals surface area (Å²) in [6.07, 6.45) is 2.06. The summed E-state index contributed by atoms with van der Waals surface area (Å²) in [5.74, 6) is 0.631. The van der Waals surface area contributed by atoms with E-state index in [0.29, 0.717) is 17.3 Å². The highest BCUT2D eigenvalue weighted by molar-refractivity contribution is 6.30. The number of nitrogens with one attached hydrogen (secondary N) is 2. The van der Waals surface area contributed by atoms with Gasteiger partial charge in [0, 0.05) is 11.6 Å². The number of hydrogen-bond acceptors (Lipinski definition) is 3. The maximum absolute atomic E-state index is 11.5. The van der Waals surface area contributed by atoms with Crippen LogP contribution in [-0.2, 0) is 4.79 Å². The second kappa shape index (κ2) is 7.82. The number of amides is 1. The van der Waals surface area contributed by atoms with Crippen LogP contribution in [0, 0.1) is 0 Å². The van der Waals surface area contributed by atoms with Gasteiger partial charge in [-0.1, -0.05) is 24.9 Å². The first-order chi connectivity index (χ1) is 8.67. The first kappa shape index (κ1) is 14.6. The molecule has 2 N–H and O–H groups in total. The van der Waals surface area contributed by atoms with Gasteiger partial charge < -0.3 is 15.4 Å². The van der Waals surface area contributed by atoms with Crippen molar-refractivity contribution in [1.82, 2.24) is 5.32 Å². The molecule has 0 saturated heterocycles. The van der Waals surface area contributed by atoms with Crippen molar-refractivity contribution in [2.75, 3.05) is 25.5 Å². The van der Waals surface area contributed by atoms with Crippen molar-refractivity contribution in [2.24, 2.45) is 0 Å². The van der Waals surface area contributed by atoms with E-state index in [1.165, 1.54) is 0 Å². The fraction of sp³-hybridized carbons (Fsp3) is 0.462. The molecule has 0 saturated carbocycles. The van der Waals surface area contributed by atoms with Gasteiger partial charge in [-0.3, -0.25) is 4.79 Å². The summed E-state index contributed by atoms with van der Waals surface area (Å²) in [5.41, 5.74) is 0.718. The third-order valence-corrected chi connectivity index (χ3v) is 2.69. The lowest BCUT2D eigenvalue weighted by Crippen LogP contribution is -2.30. The van der Waals surface area contributed by atoms with Gasteiger partial charge in [-0.25, -0.2) is 0 Å². The van der Waals surface area contributed by atoms with Gasteiger partial charge in [0.25, 0.3) is 0 Å². The van der Waals surface area contributed by atoms with Crippen LogP contribution in [0.25, 0.3) is 0 Å². The number of carbonyl (C=O) groups is 1. The van der Waals surface area contributed by atoms with Crippen molar-refractivity contribution in [2.45, 2.75) is 19.8 Å². The van der Waals surface area contributed by atoms with E-state index in [9.17, 15) is 4.79 Å². The number of ether oxygens (including phenoxy) is 1. The average molecular weight is 271 g/mol. The number of halogens is 1. The molecule has 0 radical (unpaired) electrons. The lowest BCUT2D eigenvalue weighted by Gasteiger charge is -2.11. The van der Waals surface area contributed by atoms with Gasteiger partial charge in [-0.15, -0.1) is 0 Å². The molecule has 0 fully saturated rings. The first-order valence-corrected chi connectivity index (χ1v) is 6.39. The molecule has 0 aliphatic carbocycles. The number of unbranched alkanes of at least 4 members (excludes halogenated alkanes) is 1. The molecule has 0 unspecified atom stereocenters. The molecule has 100 valence electrons. The number of anilines is 1. The van der Waals surface area contributed by atoms with E-state index < -0.39 is 0 Å². The van der Waals surface area contributed by atoms with E-state index in [1.807, 2.05) is 0 Å². The summed E-state index contributed by atoms with van der Waals surface area (Å²) < 4.78 is 5.18. The van der Waals surface area contributed by atoms with Gasteiger partial charge in [-0.2, -0.15) is 0 Å². The first-order valence-electron chi connectivity index (χ1n) is 6.01. The standard InChI is InChI=1S/C13H19ClN2O2/c1-3-4-7-15-13(17)9-16-11-8-10(14)5-6-12(11)18-2/h5-6,8,16H,3-4,7,9H2,1-2H3,(H,15,17). The maximum atomic E-state index is 11.5. The third kappa shape index (κ3) is 4.84. The number of benzene rings is 1. The smallest absolute Gasteiger partial charge is 0.239 e. The average Bonchev–Trinajstić information content (AvgIpc) is 2.37. The van der Waals surface area contributed by atoms with Crippen LogP contribution in [0.15, 0.2) is 18.2 Å². The predicted molar refractivity (Wildman–Crippen MR) is 74.4 cm³/mol. The maximum Gasteiger partial charge on any atom is 0.239 e. The van der Waals surface area contributed by atoms with E-state index in [1.54, 1.807) is 25.3 Å². The van der Waals surface area contributed by atoms with Crippen LogP contribution < -0.4 is 15.4 Å². The Morgan fingerprint density at radius 2 is 2.22 bits per heavy atom. The largest absolute Gasteiger partial charge is 0.495 e. The van der Waals surface area contributed by atoms with Gasteiger partial charge >= 0.3 is 0 Å². The molecule has 1 aromatic carbocycles. The van der Waals surface area contributed by atoms with Crippen LogP contribution in [0.1, 0.15) is 19.8 Å². The van der Waals surface area contributed by atoms with Crippen molar-refractivity contribution in [1.29, 1.82) is 0 Å². The van der Waals surface area contributed by atoms with Crippen molar-refractivity contribution < 1.29 is 9.53 Å². The van der Waals surface area contributed by atoms with Gasteiger partial charge in [-0.05, 0) is 24.6 Å². The molecule has 1 aromatic rings. The SMILES string of the molecule is CCCCNC(=O)CNc1cc(Cl)ccc1OC.